The molecule has 0 aromatic heterocycles. The summed E-state index contributed by atoms with van der Waals surface area (Å²) in [6, 6.07) is 23.8. The van der Waals surface area contributed by atoms with Gasteiger partial charge in [0.05, 0.1) is 18.8 Å². The number of hydrogen-bond donors (Lipinski definition) is 1. The molecule has 3 rings (SSSR count). The number of esters is 1. The quantitative estimate of drug-likeness (QED) is 0.289. The predicted octanol–water partition coefficient (Wildman–Crippen LogP) is 5.29. The van der Waals surface area contributed by atoms with Crippen LogP contribution in [0.3, 0.4) is 0 Å². The van der Waals surface area contributed by atoms with E-state index >= 15 is 0 Å². The van der Waals surface area contributed by atoms with Gasteiger partial charge in [-0.3, -0.25) is 4.79 Å². The fraction of sp³-hybridized carbons (Fsp3) is 0.167. The summed E-state index contributed by atoms with van der Waals surface area (Å²) in [5.74, 6) is 0.871. The molecule has 0 bridgehead atoms. The van der Waals surface area contributed by atoms with E-state index in [1.807, 2.05) is 18.2 Å². The molecular weight excluding hydrogens is 398 g/mol. The van der Waals surface area contributed by atoms with E-state index in [0.29, 0.717) is 35.8 Å². The van der Waals surface area contributed by atoms with Crippen molar-refractivity contribution in [2.75, 3.05) is 24.3 Å². The summed E-state index contributed by atoms with van der Waals surface area (Å²) >= 11 is 1.73. The number of rotatable bonds is 9. The zero-order valence-electron chi connectivity index (χ0n) is 16.7. The van der Waals surface area contributed by atoms with Crippen LogP contribution < -0.4 is 10.1 Å². The third kappa shape index (κ3) is 6.39. The Bertz CT molecular complexity index is 974. The molecule has 3 aromatic carbocycles. The van der Waals surface area contributed by atoms with Crippen LogP contribution in [0.5, 0.6) is 5.75 Å². The molecule has 0 heterocycles. The molecule has 154 valence electrons. The summed E-state index contributed by atoms with van der Waals surface area (Å²) in [6.07, 6.45) is 0. The Balaban J connectivity index is 1.50. The molecule has 0 aliphatic rings. The Morgan fingerprint density at radius 3 is 2.40 bits per heavy atom. The molecule has 0 aliphatic heterocycles. The minimum atomic E-state index is -0.416. The standard InChI is InChI=1S/C24H23NO4S/c1-2-28-24(27)19-7-6-8-20(17-19)25-23(26)18-11-13-21(14-12-18)29-15-16-30-22-9-4-3-5-10-22/h3-14,17H,2,15-16H2,1H3,(H,25,26). The van der Waals surface area contributed by atoms with Crippen molar-refractivity contribution in [3.63, 3.8) is 0 Å². The van der Waals surface area contributed by atoms with Gasteiger partial charge in [-0.2, -0.15) is 0 Å². The molecular formula is C24H23NO4S. The Morgan fingerprint density at radius 1 is 0.900 bits per heavy atom. The van der Waals surface area contributed by atoms with Crippen LogP contribution in [0.15, 0.2) is 83.8 Å². The highest BCUT2D eigenvalue weighted by Crippen LogP contribution is 2.19. The highest BCUT2D eigenvalue weighted by Gasteiger charge is 2.10. The molecule has 1 N–H and O–H groups in total. The smallest absolute Gasteiger partial charge is 0.338 e. The van der Waals surface area contributed by atoms with E-state index in [9.17, 15) is 9.59 Å². The topological polar surface area (TPSA) is 64.6 Å². The molecule has 0 spiro atoms. The molecule has 0 fully saturated rings. The minimum Gasteiger partial charge on any atom is -0.493 e. The second kappa shape index (κ2) is 11.1. The van der Waals surface area contributed by atoms with Gasteiger partial charge in [-0.15, -0.1) is 11.8 Å². The number of anilines is 1. The average molecular weight is 422 g/mol. The van der Waals surface area contributed by atoms with Crippen LogP contribution in [0.25, 0.3) is 0 Å². The van der Waals surface area contributed by atoms with Crippen molar-refractivity contribution in [2.24, 2.45) is 0 Å². The number of nitrogens with one attached hydrogen (secondary N) is 1. The summed E-state index contributed by atoms with van der Waals surface area (Å²) in [4.78, 5) is 25.5. The van der Waals surface area contributed by atoms with E-state index in [2.05, 4.69) is 17.4 Å². The van der Waals surface area contributed by atoms with E-state index in [1.54, 1.807) is 67.2 Å². The molecule has 5 nitrogen and oxygen atoms in total. The summed E-state index contributed by atoms with van der Waals surface area (Å²) in [6.45, 7) is 2.62. The van der Waals surface area contributed by atoms with Gasteiger partial charge < -0.3 is 14.8 Å². The lowest BCUT2D eigenvalue weighted by molar-refractivity contribution is 0.0526. The number of benzene rings is 3. The third-order valence-electron chi connectivity index (χ3n) is 4.11. The first-order chi connectivity index (χ1) is 14.7. The number of amides is 1. The Hall–Kier alpha value is -3.25. The molecule has 0 saturated heterocycles. The predicted molar refractivity (Wildman–Crippen MR) is 119 cm³/mol. The zero-order chi connectivity index (χ0) is 21.2. The lowest BCUT2D eigenvalue weighted by Gasteiger charge is -2.09. The van der Waals surface area contributed by atoms with Crippen molar-refractivity contribution in [2.45, 2.75) is 11.8 Å². The summed E-state index contributed by atoms with van der Waals surface area (Å²) in [5, 5.41) is 2.79. The van der Waals surface area contributed by atoms with Gasteiger partial charge >= 0.3 is 5.97 Å². The molecule has 6 heteroatoms. The highest BCUT2D eigenvalue weighted by molar-refractivity contribution is 7.99. The van der Waals surface area contributed by atoms with Gasteiger partial charge in [0.15, 0.2) is 0 Å². The van der Waals surface area contributed by atoms with Crippen LogP contribution in [0, 0.1) is 0 Å². The maximum Gasteiger partial charge on any atom is 0.338 e. The lowest BCUT2D eigenvalue weighted by atomic mass is 10.1. The monoisotopic (exact) mass is 421 g/mol. The molecule has 0 unspecified atom stereocenters. The third-order valence-corrected chi connectivity index (χ3v) is 5.09. The molecule has 0 atom stereocenters. The van der Waals surface area contributed by atoms with Crippen molar-refractivity contribution >= 4 is 29.3 Å². The maximum absolute atomic E-state index is 12.5. The minimum absolute atomic E-state index is 0.262. The normalized spacial score (nSPS) is 10.3. The van der Waals surface area contributed by atoms with E-state index in [1.165, 1.54) is 4.90 Å². The van der Waals surface area contributed by atoms with Gasteiger partial charge in [0.2, 0.25) is 0 Å². The average Bonchev–Trinajstić information content (AvgIpc) is 2.78. The molecule has 1 amide bonds. The largest absolute Gasteiger partial charge is 0.493 e. The fourth-order valence-electron chi connectivity index (χ4n) is 2.68. The lowest BCUT2D eigenvalue weighted by Crippen LogP contribution is -2.13. The molecule has 30 heavy (non-hydrogen) atoms. The first-order valence-electron chi connectivity index (χ1n) is 9.65. The SMILES string of the molecule is CCOC(=O)c1cccc(NC(=O)c2ccc(OCCSc3ccccc3)cc2)c1. The molecule has 0 aliphatic carbocycles. The van der Waals surface area contributed by atoms with Gasteiger partial charge in [-0.1, -0.05) is 24.3 Å². The van der Waals surface area contributed by atoms with Crippen LogP contribution in [-0.4, -0.2) is 30.8 Å². The van der Waals surface area contributed by atoms with E-state index < -0.39 is 5.97 Å². The number of ether oxygens (including phenoxy) is 2. The summed E-state index contributed by atoms with van der Waals surface area (Å²) in [5.41, 5.74) is 1.43. The van der Waals surface area contributed by atoms with E-state index in [-0.39, 0.29) is 5.91 Å². The number of hydrogen-bond acceptors (Lipinski definition) is 5. The summed E-state index contributed by atoms with van der Waals surface area (Å²) in [7, 11) is 0. The van der Waals surface area contributed by atoms with Crippen LogP contribution >= 0.6 is 11.8 Å². The Morgan fingerprint density at radius 2 is 1.67 bits per heavy atom. The van der Waals surface area contributed by atoms with Crippen molar-refractivity contribution < 1.29 is 19.1 Å². The molecule has 3 aromatic rings. The maximum atomic E-state index is 12.5. The van der Waals surface area contributed by atoms with Crippen molar-refractivity contribution in [1.82, 2.24) is 0 Å². The van der Waals surface area contributed by atoms with Crippen LogP contribution in [0.4, 0.5) is 5.69 Å². The van der Waals surface area contributed by atoms with Crippen molar-refractivity contribution in [3.8, 4) is 5.75 Å². The van der Waals surface area contributed by atoms with Crippen LogP contribution in [0.2, 0.25) is 0 Å². The first-order valence-corrected chi connectivity index (χ1v) is 10.6. The van der Waals surface area contributed by atoms with Crippen molar-refractivity contribution in [1.29, 1.82) is 0 Å². The molecule has 0 saturated carbocycles. The van der Waals surface area contributed by atoms with E-state index in [4.69, 9.17) is 9.47 Å². The van der Waals surface area contributed by atoms with E-state index in [0.717, 1.165) is 5.75 Å². The zero-order valence-corrected chi connectivity index (χ0v) is 17.5. The van der Waals surface area contributed by atoms with Gasteiger partial charge in [-0.25, -0.2) is 4.79 Å². The Labute approximate surface area is 180 Å². The second-order valence-corrected chi connectivity index (χ2v) is 7.46. The van der Waals surface area contributed by atoms with Crippen molar-refractivity contribution in [3.05, 3.63) is 90.0 Å². The second-order valence-electron chi connectivity index (χ2n) is 6.29. The molecule has 0 radical (unpaired) electrons. The van der Waals surface area contributed by atoms with Crippen LogP contribution in [-0.2, 0) is 4.74 Å². The first kappa shape index (κ1) is 21.5. The number of carbonyl (C=O) groups excluding carboxylic acids is 2. The van der Waals surface area contributed by atoms with Gasteiger partial charge in [-0.05, 0) is 61.5 Å². The highest BCUT2D eigenvalue weighted by atomic mass is 32.2. The van der Waals surface area contributed by atoms with Gasteiger partial charge in [0.1, 0.15) is 5.75 Å². The number of thioether (sulfide) groups is 1. The van der Waals surface area contributed by atoms with Crippen LogP contribution in [0.1, 0.15) is 27.6 Å². The Kier molecular flexibility index (Phi) is 7.92. The summed E-state index contributed by atoms with van der Waals surface area (Å²) < 4.78 is 10.7. The van der Waals surface area contributed by atoms with Gasteiger partial charge in [0, 0.05) is 21.9 Å². The van der Waals surface area contributed by atoms with Gasteiger partial charge in [0.25, 0.3) is 5.91 Å². The number of carbonyl (C=O) groups is 2. The fourth-order valence-corrected chi connectivity index (χ4v) is 3.43.